The molecule has 4 heteroatoms. The number of likely N-dealkylation sites (tertiary alicyclic amines) is 1. The van der Waals surface area contributed by atoms with E-state index in [-0.39, 0.29) is 11.8 Å². The van der Waals surface area contributed by atoms with Gasteiger partial charge in [-0.25, -0.2) is 0 Å². The van der Waals surface area contributed by atoms with E-state index < -0.39 is 0 Å². The fraction of sp³-hybridized carbons (Fsp3) is 0.412. The maximum absolute atomic E-state index is 12.1. The summed E-state index contributed by atoms with van der Waals surface area (Å²) in [6, 6.07) is 9.82. The van der Waals surface area contributed by atoms with Crippen molar-refractivity contribution in [2.24, 2.45) is 5.92 Å². The predicted octanol–water partition coefficient (Wildman–Crippen LogP) is 2.07. The van der Waals surface area contributed by atoms with Crippen LogP contribution in [0.3, 0.4) is 0 Å². The minimum Gasteiger partial charge on any atom is -0.356 e. The Bertz CT molecular complexity index is 503. The number of carbonyl (C=O) groups is 2. The van der Waals surface area contributed by atoms with Crippen molar-refractivity contribution in [1.82, 2.24) is 10.2 Å². The van der Waals surface area contributed by atoms with Crippen LogP contribution >= 0.6 is 0 Å². The molecule has 0 radical (unpaired) electrons. The van der Waals surface area contributed by atoms with Gasteiger partial charge in [0.1, 0.15) is 0 Å². The minimum absolute atomic E-state index is 0.0132. The highest BCUT2D eigenvalue weighted by molar-refractivity contribution is 5.91. The van der Waals surface area contributed by atoms with E-state index in [9.17, 15) is 9.59 Å². The van der Waals surface area contributed by atoms with E-state index in [2.05, 4.69) is 5.32 Å². The van der Waals surface area contributed by atoms with Crippen molar-refractivity contribution in [2.45, 2.75) is 19.8 Å². The average Bonchev–Trinajstić information content (AvgIpc) is 2.52. The zero-order valence-corrected chi connectivity index (χ0v) is 12.4. The Balaban J connectivity index is 1.78. The molecule has 1 aliphatic rings. The summed E-state index contributed by atoms with van der Waals surface area (Å²) < 4.78 is 0. The number of amides is 2. The van der Waals surface area contributed by atoms with Crippen molar-refractivity contribution in [1.29, 1.82) is 0 Å². The second-order valence-electron chi connectivity index (χ2n) is 5.45. The molecule has 0 aliphatic carbocycles. The van der Waals surface area contributed by atoms with Crippen LogP contribution in [0, 0.1) is 5.92 Å². The third kappa shape index (κ3) is 5.06. The third-order valence-electron chi connectivity index (χ3n) is 3.78. The minimum atomic E-state index is 0.0132. The van der Waals surface area contributed by atoms with Gasteiger partial charge in [0.15, 0.2) is 0 Å². The van der Waals surface area contributed by atoms with Crippen molar-refractivity contribution in [2.75, 3.05) is 19.6 Å². The molecule has 0 bridgehead atoms. The number of benzene rings is 1. The van der Waals surface area contributed by atoms with Crippen LogP contribution in [0.15, 0.2) is 36.4 Å². The SMILES string of the molecule is CC(=O)NCC1CCN(C(=O)/C=C/c2ccccc2)CC1. The summed E-state index contributed by atoms with van der Waals surface area (Å²) in [6.45, 7) is 3.79. The van der Waals surface area contributed by atoms with Gasteiger partial charge in [0.05, 0.1) is 0 Å². The Morgan fingerprint density at radius 2 is 1.90 bits per heavy atom. The molecule has 112 valence electrons. The van der Waals surface area contributed by atoms with Gasteiger partial charge in [-0.1, -0.05) is 30.3 Å². The number of piperidine rings is 1. The van der Waals surface area contributed by atoms with Crippen LogP contribution in [0.4, 0.5) is 0 Å². The predicted molar refractivity (Wildman–Crippen MR) is 83.5 cm³/mol. The van der Waals surface area contributed by atoms with E-state index in [0.717, 1.165) is 38.0 Å². The number of hydrogen-bond acceptors (Lipinski definition) is 2. The Kier molecular flexibility index (Phi) is 5.55. The Morgan fingerprint density at radius 3 is 2.52 bits per heavy atom. The molecule has 2 amide bonds. The van der Waals surface area contributed by atoms with Crippen LogP contribution in [-0.2, 0) is 9.59 Å². The standard InChI is InChI=1S/C17H22N2O2/c1-14(20)18-13-16-9-11-19(12-10-16)17(21)8-7-15-5-3-2-4-6-15/h2-8,16H,9-13H2,1H3,(H,18,20)/b8-7+. The van der Waals surface area contributed by atoms with Gasteiger partial charge in [-0.05, 0) is 30.4 Å². The van der Waals surface area contributed by atoms with Crippen LogP contribution in [0.1, 0.15) is 25.3 Å². The first kappa shape index (κ1) is 15.3. The molecule has 1 fully saturated rings. The summed E-state index contributed by atoms with van der Waals surface area (Å²) in [7, 11) is 0. The molecule has 1 aromatic rings. The lowest BCUT2D eigenvalue weighted by Crippen LogP contribution is -2.40. The van der Waals surface area contributed by atoms with Gasteiger partial charge >= 0.3 is 0 Å². The van der Waals surface area contributed by atoms with Gasteiger partial charge in [0.25, 0.3) is 0 Å². The molecule has 4 nitrogen and oxygen atoms in total. The van der Waals surface area contributed by atoms with Crippen LogP contribution < -0.4 is 5.32 Å². The lowest BCUT2D eigenvalue weighted by Gasteiger charge is -2.31. The molecular formula is C17H22N2O2. The number of carbonyl (C=O) groups excluding carboxylic acids is 2. The molecule has 2 rings (SSSR count). The monoisotopic (exact) mass is 286 g/mol. The van der Waals surface area contributed by atoms with Crippen molar-refractivity contribution in [3.63, 3.8) is 0 Å². The highest BCUT2D eigenvalue weighted by Crippen LogP contribution is 2.17. The van der Waals surface area contributed by atoms with Crippen LogP contribution in [0.2, 0.25) is 0 Å². The maximum atomic E-state index is 12.1. The average molecular weight is 286 g/mol. The van der Waals surface area contributed by atoms with E-state index in [1.165, 1.54) is 6.92 Å². The lowest BCUT2D eigenvalue weighted by molar-refractivity contribution is -0.127. The van der Waals surface area contributed by atoms with Gasteiger partial charge in [-0.2, -0.15) is 0 Å². The Labute approximate surface area is 125 Å². The zero-order chi connectivity index (χ0) is 15.1. The van der Waals surface area contributed by atoms with Gasteiger partial charge < -0.3 is 10.2 Å². The van der Waals surface area contributed by atoms with Gasteiger partial charge in [0, 0.05) is 32.6 Å². The van der Waals surface area contributed by atoms with Crippen LogP contribution in [-0.4, -0.2) is 36.3 Å². The molecule has 1 saturated heterocycles. The molecule has 21 heavy (non-hydrogen) atoms. The number of rotatable bonds is 4. The Morgan fingerprint density at radius 1 is 1.24 bits per heavy atom. The molecule has 1 aliphatic heterocycles. The molecule has 1 heterocycles. The van der Waals surface area contributed by atoms with Gasteiger partial charge in [-0.15, -0.1) is 0 Å². The molecule has 0 atom stereocenters. The van der Waals surface area contributed by atoms with Crippen molar-refractivity contribution in [3.05, 3.63) is 42.0 Å². The van der Waals surface area contributed by atoms with E-state index in [1.54, 1.807) is 6.08 Å². The van der Waals surface area contributed by atoms with Gasteiger partial charge in [0.2, 0.25) is 11.8 Å². The maximum Gasteiger partial charge on any atom is 0.246 e. The van der Waals surface area contributed by atoms with E-state index in [0.29, 0.717) is 5.92 Å². The summed E-state index contributed by atoms with van der Waals surface area (Å²) >= 11 is 0. The fourth-order valence-electron chi connectivity index (χ4n) is 2.48. The largest absolute Gasteiger partial charge is 0.356 e. The number of nitrogens with one attached hydrogen (secondary N) is 1. The van der Waals surface area contributed by atoms with Crippen molar-refractivity contribution >= 4 is 17.9 Å². The summed E-state index contributed by atoms with van der Waals surface area (Å²) in [5.41, 5.74) is 1.03. The summed E-state index contributed by atoms with van der Waals surface area (Å²) in [5.74, 6) is 0.562. The number of hydrogen-bond donors (Lipinski definition) is 1. The molecular weight excluding hydrogens is 264 g/mol. The van der Waals surface area contributed by atoms with Crippen molar-refractivity contribution in [3.8, 4) is 0 Å². The normalized spacial score (nSPS) is 16.1. The smallest absolute Gasteiger partial charge is 0.246 e. The van der Waals surface area contributed by atoms with E-state index >= 15 is 0 Å². The van der Waals surface area contributed by atoms with E-state index in [4.69, 9.17) is 0 Å². The van der Waals surface area contributed by atoms with Crippen LogP contribution in [0.25, 0.3) is 6.08 Å². The number of nitrogens with zero attached hydrogens (tertiary/aromatic N) is 1. The Hall–Kier alpha value is -2.10. The summed E-state index contributed by atoms with van der Waals surface area (Å²) in [5, 5.41) is 2.85. The highest BCUT2D eigenvalue weighted by atomic mass is 16.2. The lowest BCUT2D eigenvalue weighted by atomic mass is 9.96. The molecule has 0 unspecified atom stereocenters. The second-order valence-corrected chi connectivity index (χ2v) is 5.45. The summed E-state index contributed by atoms with van der Waals surface area (Å²) in [6.07, 6.45) is 5.39. The zero-order valence-electron chi connectivity index (χ0n) is 12.4. The third-order valence-corrected chi connectivity index (χ3v) is 3.78. The molecule has 1 aromatic carbocycles. The molecule has 0 aromatic heterocycles. The first-order valence-corrected chi connectivity index (χ1v) is 7.41. The quantitative estimate of drug-likeness (QED) is 0.862. The first-order chi connectivity index (χ1) is 10.1. The van der Waals surface area contributed by atoms with Crippen LogP contribution in [0.5, 0.6) is 0 Å². The fourth-order valence-corrected chi connectivity index (χ4v) is 2.48. The van der Waals surface area contributed by atoms with E-state index in [1.807, 2.05) is 41.3 Å². The topological polar surface area (TPSA) is 49.4 Å². The molecule has 1 N–H and O–H groups in total. The van der Waals surface area contributed by atoms with Gasteiger partial charge in [-0.3, -0.25) is 9.59 Å². The van der Waals surface area contributed by atoms with Crippen molar-refractivity contribution < 1.29 is 9.59 Å². The highest BCUT2D eigenvalue weighted by Gasteiger charge is 2.21. The second kappa shape index (κ2) is 7.62. The first-order valence-electron chi connectivity index (χ1n) is 7.41. The molecule has 0 spiro atoms. The summed E-state index contributed by atoms with van der Waals surface area (Å²) in [4.78, 5) is 24.9. The molecule has 0 saturated carbocycles.